The monoisotopic (exact) mass is 305 g/mol. The van der Waals surface area contributed by atoms with E-state index < -0.39 is 44.6 Å². The van der Waals surface area contributed by atoms with Crippen LogP contribution in [0.5, 0.6) is 0 Å². The number of carboxylic acids is 1. The van der Waals surface area contributed by atoms with E-state index in [2.05, 4.69) is 0 Å². The summed E-state index contributed by atoms with van der Waals surface area (Å²) in [5.74, 6) is -2.30. The lowest BCUT2D eigenvalue weighted by Crippen LogP contribution is -2.41. The van der Waals surface area contributed by atoms with E-state index in [4.69, 9.17) is 4.74 Å². The van der Waals surface area contributed by atoms with Crippen LogP contribution < -0.4 is 0 Å². The average Bonchev–Trinajstić information content (AvgIpc) is 2.64. The van der Waals surface area contributed by atoms with Gasteiger partial charge < -0.3 is 14.7 Å². The molecular formula is C12H19NO6S. The summed E-state index contributed by atoms with van der Waals surface area (Å²) in [6.07, 6.45) is -0.593. The highest BCUT2D eigenvalue weighted by Gasteiger charge is 2.61. The molecule has 0 unspecified atom stereocenters. The molecule has 0 spiro atoms. The van der Waals surface area contributed by atoms with Crippen LogP contribution in [0.25, 0.3) is 0 Å². The van der Waals surface area contributed by atoms with E-state index in [9.17, 15) is 23.1 Å². The number of hydrogen-bond donors (Lipinski definition) is 1. The first-order valence-corrected chi connectivity index (χ1v) is 8.19. The van der Waals surface area contributed by atoms with Crippen molar-refractivity contribution in [3.8, 4) is 0 Å². The summed E-state index contributed by atoms with van der Waals surface area (Å²) in [6.45, 7) is 5.17. The van der Waals surface area contributed by atoms with Gasteiger partial charge in [-0.2, -0.15) is 0 Å². The van der Waals surface area contributed by atoms with Gasteiger partial charge in [-0.1, -0.05) is 0 Å². The molecule has 0 bridgehead atoms. The Hall–Kier alpha value is -1.31. The number of ether oxygens (including phenoxy) is 1. The van der Waals surface area contributed by atoms with E-state index in [1.807, 2.05) is 0 Å². The van der Waals surface area contributed by atoms with Gasteiger partial charge in [-0.3, -0.25) is 4.79 Å². The number of carboxylic acid groups (broad SMARTS) is 1. The molecule has 0 aliphatic carbocycles. The SMILES string of the molecule is CC(C)(C)OC(=O)N1C[C@H]2CS(=O)(=O)C[C@@]2(C(=O)O)C1. The predicted molar refractivity (Wildman–Crippen MR) is 70.0 cm³/mol. The highest BCUT2D eigenvalue weighted by atomic mass is 32.2. The molecule has 20 heavy (non-hydrogen) atoms. The molecule has 114 valence electrons. The Morgan fingerprint density at radius 2 is 1.95 bits per heavy atom. The maximum absolute atomic E-state index is 12.0. The lowest BCUT2D eigenvalue weighted by Gasteiger charge is -2.26. The van der Waals surface area contributed by atoms with Crippen molar-refractivity contribution in [1.29, 1.82) is 0 Å². The number of amides is 1. The number of carbonyl (C=O) groups is 2. The number of likely N-dealkylation sites (tertiary alicyclic amines) is 1. The van der Waals surface area contributed by atoms with Gasteiger partial charge in [0, 0.05) is 19.0 Å². The van der Waals surface area contributed by atoms with Crippen molar-refractivity contribution in [2.75, 3.05) is 24.6 Å². The van der Waals surface area contributed by atoms with Gasteiger partial charge in [0.05, 0.1) is 11.5 Å². The molecule has 2 aliphatic heterocycles. The van der Waals surface area contributed by atoms with Gasteiger partial charge in [-0.25, -0.2) is 13.2 Å². The van der Waals surface area contributed by atoms with Crippen molar-refractivity contribution in [2.45, 2.75) is 26.4 Å². The molecule has 8 heteroatoms. The van der Waals surface area contributed by atoms with Gasteiger partial charge in [0.15, 0.2) is 9.84 Å². The highest BCUT2D eigenvalue weighted by molar-refractivity contribution is 7.91. The number of fused-ring (bicyclic) bond motifs is 1. The quantitative estimate of drug-likeness (QED) is 0.750. The maximum Gasteiger partial charge on any atom is 0.410 e. The van der Waals surface area contributed by atoms with Crippen molar-refractivity contribution < 1.29 is 27.9 Å². The van der Waals surface area contributed by atoms with Crippen LogP contribution in [0.3, 0.4) is 0 Å². The first kappa shape index (κ1) is 15.1. The molecule has 2 heterocycles. The molecule has 1 N–H and O–H groups in total. The third-order valence-corrected chi connectivity index (χ3v) is 5.57. The van der Waals surface area contributed by atoms with Crippen LogP contribution in [-0.4, -0.2) is 60.7 Å². The molecule has 0 aromatic carbocycles. The molecular weight excluding hydrogens is 286 g/mol. The summed E-state index contributed by atoms with van der Waals surface area (Å²) in [5.41, 5.74) is -2.05. The van der Waals surface area contributed by atoms with E-state index in [1.165, 1.54) is 4.90 Å². The Balaban J connectivity index is 2.19. The fourth-order valence-electron chi connectivity index (χ4n) is 2.88. The van der Waals surface area contributed by atoms with E-state index >= 15 is 0 Å². The summed E-state index contributed by atoms with van der Waals surface area (Å²) in [6, 6.07) is 0. The molecule has 0 aromatic rings. The van der Waals surface area contributed by atoms with Crippen LogP contribution in [0.1, 0.15) is 20.8 Å². The molecule has 0 radical (unpaired) electrons. The van der Waals surface area contributed by atoms with Crippen molar-refractivity contribution in [2.24, 2.45) is 11.3 Å². The van der Waals surface area contributed by atoms with Crippen LogP contribution in [0.4, 0.5) is 4.79 Å². The van der Waals surface area contributed by atoms with Crippen LogP contribution in [0, 0.1) is 11.3 Å². The summed E-state index contributed by atoms with van der Waals surface area (Å²) >= 11 is 0. The first-order valence-electron chi connectivity index (χ1n) is 6.37. The number of carbonyl (C=O) groups excluding carboxylic acids is 1. The second-order valence-electron chi connectivity index (χ2n) is 6.57. The molecule has 2 fully saturated rings. The number of rotatable bonds is 1. The minimum Gasteiger partial charge on any atom is -0.481 e. The second kappa shape index (κ2) is 4.34. The largest absolute Gasteiger partial charge is 0.481 e. The normalized spacial score (nSPS) is 31.9. The smallest absolute Gasteiger partial charge is 0.410 e. The van der Waals surface area contributed by atoms with Gasteiger partial charge in [0.25, 0.3) is 0 Å². The zero-order valence-electron chi connectivity index (χ0n) is 11.7. The van der Waals surface area contributed by atoms with Crippen LogP contribution in [-0.2, 0) is 19.4 Å². The molecule has 2 aliphatic rings. The topological polar surface area (TPSA) is 101 Å². The number of nitrogens with zero attached hydrogens (tertiary/aromatic N) is 1. The minimum atomic E-state index is -3.35. The highest BCUT2D eigenvalue weighted by Crippen LogP contribution is 2.44. The van der Waals surface area contributed by atoms with Crippen LogP contribution in [0.15, 0.2) is 0 Å². The average molecular weight is 305 g/mol. The fraction of sp³-hybridized carbons (Fsp3) is 0.833. The van der Waals surface area contributed by atoms with E-state index in [0.29, 0.717) is 0 Å². The minimum absolute atomic E-state index is 0.110. The first-order chi connectivity index (χ1) is 8.95. The molecule has 2 rings (SSSR count). The Morgan fingerprint density at radius 3 is 2.40 bits per heavy atom. The van der Waals surface area contributed by atoms with Gasteiger partial charge in [-0.15, -0.1) is 0 Å². The lowest BCUT2D eigenvalue weighted by atomic mass is 9.81. The number of hydrogen-bond acceptors (Lipinski definition) is 5. The lowest BCUT2D eigenvalue weighted by molar-refractivity contribution is -0.148. The Bertz CT molecular complexity index is 549. The molecule has 0 saturated carbocycles. The Labute approximate surface area is 117 Å². The molecule has 0 aromatic heterocycles. The van der Waals surface area contributed by atoms with E-state index in [1.54, 1.807) is 20.8 Å². The molecule has 2 atom stereocenters. The third kappa shape index (κ3) is 2.61. The van der Waals surface area contributed by atoms with Gasteiger partial charge in [0.2, 0.25) is 0 Å². The summed E-state index contributed by atoms with van der Waals surface area (Å²) in [5, 5.41) is 9.40. The van der Waals surface area contributed by atoms with Crippen molar-refractivity contribution in [1.82, 2.24) is 4.90 Å². The number of aliphatic carboxylic acids is 1. The third-order valence-electron chi connectivity index (χ3n) is 3.71. The Kier molecular flexibility index (Phi) is 3.27. The molecule has 2 saturated heterocycles. The van der Waals surface area contributed by atoms with Crippen LogP contribution in [0.2, 0.25) is 0 Å². The predicted octanol–water partition coefficient (Wildman–Crippen LogP) is 0.353. The maximum atomic E-state index is 12.0. The zero-order chi connectivity index (χ0) is 15.3. The second-order valence-corrected chi connectivity index (χ2v) is 8.68. The van der Waals surface area contributed by atoms with Gasteiger partial charge in [-0.05, 0) is 20.8 Å². The fourth-order valence-corrected chi connectivity index (χ4v) is 5.27. The standard InChI is InChI=1S/C12H19NO6S/c1-11(2,3)19-10(16)13-4-8-5-20(17,18)7-12(8,6-13)9(14)15/h8H,4-7H2,1-3H3,(H,14,15)/t8-,12-/m0/s1. The van der Waals surface area contributed by atoms with Crippen molar-refractivity contribution >= 4 is 21.9 Å². The Morgan fingerprint density at radius 1 is 1.35 bits per heavy atom. The van der Waals surface area contributed by atoms with Crippen molar-refractivity contribution in [3.05, 3.63) is 0 Å². The summed E-state index contributed by atoms with van der Waals surface area (Å²) in [4.78, 5) is 24.8. The van der Waals surface area contributed by atoms with Gasteiger partial charge >= 0.3 is 12.1 Å². The van der Waals surface area contributed by atoms with E-state index in [0.717, 1.165) is 0 Å². The molecule has 7 nitrogen and oxygen atoms in total. The summed E-state index contributed by atoms with van der Waals surface area (Å²) in [7, 11) is -3.35. The van der Waals surface area contributed by atoms with Crippen LogP contribution >= 0.6 is 0 Å². The number of sulfone groups is 1. The van der Waals surface area contributed by atoms with Gasteiger partial charge in [0.1, 0.15) is 11.0 Å². The molecule has 1 amide bonds. The summed E-state index contributed by atoms with van der Waals surface area (Å²) < 4.78 is 28.5. The van der Waals surface area contributed by atoms with Crippen molar-refractivity contribution in [3.63, 3.8) is 0 Å². The van der Waals surface area contributed by atoms with E-state index in [-0.39, 0.29) is 18.8 Å². The zero-order valence-corrected chi connectivity index (χ0v) is 12.6.